The van der Waals surface area contributed by atoms with Crippen LogP contribution < -0.4 is 4.74 Å². The number of carboxylic acids is 1. The normalized spacial score (nSPS) is 11.3. The van der Waals surface area contributed by atoms with Crippen molar-refractivity contribution in [3.63, 3.8) is 0 Å². The van der Waals surface area contributed by atoms with Gasteiger partial charge in [0.05, 0.1) is 5.69 Å². The molecule has 0 unspecified atom stereocenters. The largest absolute Gasteiger partial charge is 0.482 e. The van der Waals surface area contributed by atoms with Crippen LogP contribution in [0.5, 0.6) is 5.75 Å². The molecule has 0 saturated heterocycles. The lowest BCUT2D eigenvalue weighted by Gasteiger charge is -2.17. The second-order valence-corrected chi connectivity index (χ2v) is 7.28. The molecule has 0 bridgehead atoms. The van der Waals surface area contributed by atoms with Crippen LogP contribution in [0.15, 0.2) is 30.3 Å². The Hall–Kier alpha value is -2.83. The van der Waals surface area contributed by atoms with Crippen LogP contribution in [-0.2, 0) is 23.8 Å². The van der Waals surface area contributed by atoms with Gasteiger partial charge in [0.2, 0.25) is 0 Å². The summed E-state index contributed by atoms with van der Waals surface area (Å²) in [5.41, 5.74) is 2.21. The predicted molar refractivity (Wildman–Crippen MR) is 97.3 cm³/mol. The van der Waals surface area contributed by atoms with Gasteiger partial charge in [0, 0.05) is 26.1 Å². The Morgan fingerprint density at radius 1 is 1.23 bits per heavy atom. The van der Waals surface area contributed by atoms with E-state index >= 15 is 0 Å². The molecule has 2 rings (SSSR count). The summed E-state index contributed by atoms with van der Waals surface area (Å²) >= 11 is 0. The van der Waals surface area contributed by atoms with Crippen LogP contribution in [0.2, 0.25) is 0 Å². The van der Waals surface area contributed by atoms with Gasteiger partial charge in [-0.1, -0.05) is 32.9 Å². The average Bonchev–Trinajstić information content (AvgIpc) is 2.95. The molecule has 1 N–H and O–H groups in total. The minimum atomic E-state index is -1.02. The van der Waals surface area contributed by atoms with E-state index < -0.39 is 5.97 Å². The summed E-state index contributed by atoms with van der Waals surface area (Å²) in [6.07, 6.45) is 0. The number of amides is 1. The number of aryl methyl sites for hydroxylation is 1. The van der Waals surface area contributed by atoms with Gasteiger partial charge in [0.15, 0.2) is 6.61 Å². The monoisotopic (exact) mass is 359 g/mol. The Morgan fingerprint density at radius 2 is 1.85 bits per heavy atom. The zero-order chi connectivity index (χ0) is 19.5. The predicted octanol–water partition coefficient (Wildman–Crippen LogP) is 2.45. The molecule has 1 aromatic carbocycles. The lowest BCUT2D eigenvalue weighted by Crippen LogP contribution is -2.28. The van der Waals surface area contributed by atoms with E-state index in [9.17, 15) is 9.59 Å². The van der Waals surface area contributed by atoms with Crippen molar-refractivity contribution in [2.45, 2.75) is 32.7 Å². The number of benzene rings is 1. The third kappa shape index (κ3) is 4.84. The van der Waals surface area contributed by atoms with Crippen LogP contribution in [0, 0.1) is 0 Å². The van der Waals surface area contributed by atoms with E-state index in [1.54, 1.807) is 35.8 Å². The summed E-state index contributed by atoms with van der Waals surface area (Å²) in [5.74, 6) is -0.654. The molecule has 1 amide bonds. The van der Waals surface area contributed by atoms with Crippen LogP contribution in [0.3, 0.4) is 0 Å². The fraction of sp³-hybridized carbons (Fsp3) is 0.421. The number of hydrogen-bond donors (Lipinski definition) is 1. The van der Waals surface area contributed by atoms with Crippen LogP contribution in [-0.4, -0.2) is 45.3 Å². The highest BCUT2D eigenvalue weighted by Crippen LogP contribution is 2.22. The Morgan fingerprint density at radius 3 is 2.35 bits per heavy atom. The second-order valence-electron chi connectivity index (χ2n) is 7.28. The van der Waals surface area contributed by atoms with Gasteiger partial charge in [-0.2, -0.15) is 5.10 Å². The van der Waals surface area contributed by atoms with Gasteiger partial charge < -0.3 is 14.7 Å². The Labute approximate surface area is 153 Å². The maximum absolute atomic E-state index is 12.7. The van der Waals surface area contributed by atoms with Gasteiger partial charge in [-0.25, -0.2) is 4.79 Å². The summed E-state index contributed by atoms with van der Waals surface area (Å²) in [7, 11) is 3.51. The van der Waals surface area contributed by atoms with Crippen molar-refractivity contribution in [2.75, 3.05) is 13.7 Å². The molecule has 1 aromatic heterocycles. The molecule has 7 nitrogen and oxygen atoms in total. The van der Waals surface area contributed by atoms with E-state index in [1.807, 2.05) is 18.2 Å². The first-order valence-corrected chi connectivity index (χ1v) is 8.31. The van der Waals surface area contributed by atoms with Gasteiger partial charge in [0.25, 0.3) is 5.91 Å². The number of rotatable bonds is 6. The Bertz CT molecular complexity index is 788. The highest BCUT2D eigenvalue weighted by Gasteiger charge is 2.23. The summed E-state index contributed by atoms with van der Waals surface area (Å²) < 4.78 is 6.72. The highest BCUT2D eigenvalue weighted by atomic mass is 16.5. The molecule has 0 saturated carbocycles. The van der Waals surface area contributed by atoms with E-state index in [1.165, 1.54) is 0 Å². The number of aromatic nitrogens is 2. The summed E-state index contributed by atoms with van der Waals surface area (Å²) in [5, 5.41) is 13.1. The molecule has 7 heteroatoms. The van der Waals surface area contributed by atoms with E-state index in [0.717, 1.165) is 11.3 Å². The number of nitrogens with zero attached hydrogens (tertiary/aromatic N) is 3. The minimum absolute atomic E-state index is 0.110. The number of carbonyl (C=O) groups is 2. The van der Waals surface area contributed by atoms with Crippen LogP contribution in [0.4, 0.5) is 0 Å². The number of carboxylic acid groups (broad SMARTS) is 1. The fourth-order valence-electron chi connectivity index (χ4n) is 2.41. The van der Waals surface area contributed by atoms with Crippen molar-refractivity contribution >= 4 is 11.9 Å². The van der Waals surface area contributed by atoms with Crippen molar-refractivity contribution < 1.29 is 19.4 Å². The maximum atomic E-state index is 12.7. The third-order valence-corrected chi connectivity index (χ3v) is 3.92. The molecule has 0 aliphatic carbocycles. The topological polar surface area (TPSA) is 84.7 Å². The van der Waals surface area contributed by atoms with Crippen molar-refractivity contribution in [1.82, 2.24) is 14.7 Å². The summed E-state index contributed by atoms with van der Waals surface area (Å²) in [6.45, 7) is 6.21. The zero-order valence-electron chi connectivity index (χ0n) is 15.8. The fourth-order valence-corrected chi connectivity index (χ4v) is 2.41. The number of carbonyl (C=O) groups excluding carboxylic acids is 1. The minimum Gasteiger partial charge on any atom is -0.482 e. The summed E-state index contributed by atoms with van der Waals surface area (Å²) in [4.78, 5) is 24.9. The van der Waals surface area contributed by atoms with Gasteiger partial charge >= 0.3 is 5.97 Å². The van der Waals surface area contributed by atoms with Crippen LogP contribution in [0.1, 0.15) is 42.5 Å². The Kier molecular flexibility index (Phi) is 5.69. The molecular weight excluding hydrogens is 334 g/mol. The molecule has 0 fully saturated rings. The van der Waals surface area contributed by atoms with Gasteiger partial charge in [-0.05, 0) is 23.8 Å². The molecule has 1 heterocycles. The number of hydrogen-bond acceptors (Lipinski definition) is 4. The maximum Gasteiger partial charge on any atom is 0.341 e. The van der Waals surface area contributed by atoms with Crippen molar-refractivity contribution in [3.05, 3.63) is 47.3 Å². The Balaban J connectivity index is 2.05. The molecule has 26 heavy (non-hydrogen) atoms. The van der Waals surface area contributed by atoms with E-state index in [-0.39, 0.29) is 17.9 Å². The molecule has 0 aliphatic rings. The van der Waals surface area contributed by atoms with Gasteiger partial charge in [-0.15, -0.1) is 0 Å². The van der Waals surface area contributed by atoms with Gasteiger partial charge in [0.1, 0.15) is 11.4 Å². The van der Waals surface area contributed by atoms with Crippen molar-refractivity contribution in [2.24, 2.45) is 7.05 Å². The van der Waals surface area contributed by atoms with Gasteiger partial charge in [-0.3, -0.25) is 9.48 Å². The summed E-state index contributed by atoms with van der Waals surface area (Å²) in [6, 6.07) is 8.84. The van der Waals surface area contributed by atoms with E-state index in [4.69, 9.17) is 9.84 Å². The highest BCUT2D eigenvalue weighted by molar-refractivity contribution is 5.92. The first-order valence-electron chi connectivity index (χ1n) is 8.31. The lowest BCUT2D eigenvalue weighted by atomic mass is 9.92. The zero-order valence-corrected chi connectivity index (χ0v) is 15.8. The van der Waals surface area contributed by atoms with E-state index in [2.05, 4.69) is 25.9 Å². The first kappa shape index (κ1) is 19.5. The molecular formula is C19H25N3O4. The quantitative estimate of drug-likeness (QED) is 0.856. The first-order chi connectivity index (χ1) is 12.1. The lowest BCUT2D eigenvalue weighted by molar-refractivity contribution is -0.139. The van der Waals surface area contributed by atoms with E-state index in [0.29, 0.717) is 18.0 Å². The molecule has 0 radical (unpaired) electrons. The molecule has 0 spiro atoms. The molecule has 0 aliphatic heterocycles. The molecule has 140 valence electrons. The van der Waals surface area contributed by atoms with Crippen molar-refractivity contribution in [3.8, 4) is 5.75 Å². The number of ether oxygens (including phenoxy) is 1. The van der Waals surface area contributed by atoms with Crippen LogP contribution in [0.25, 0.3) is 0 Å². The standard InChI is InChI=1S/C19H25N3O4/c1-19(2,3)16-10-15(22(5)20-16)18(25)21(4)11-13-6-8-14(9-7-13)26-12-17(23)24/h6-10H,11-12H2,1-5H3,(H,23,24). The molecule has 2 aromatic rings. The number of aliphatic carboxylic acids is 1. The third-order valence-electron chi connectivity index (χ3n) is 3.92. The average molecular weight is 359 g/mol. The smallest absolute Gasteiger partial charge is 0.341 e. The van der Waals surface area contributed by atoms with Crippen molar-refractivity contribution in [1.29, 1.82) is 0 Å². The SMILES string of the molecule is CN(Cc1ccc(OCC(=O)O)cc1)C(=O)c1cc(C(C)(C)C)nn1C. The van der Waals surface area contributed by atoms with Crippen LogP contribution >= 0.6 is 0 Å². The second kappa shape index (κ2) is 7.59. The molecule has 0 atom stereocenters.